The molecular weight excluding hydrogens is 456 g/mol. The fraction of sp³-hybridized carbons (Fsp3) is 0.522. The highest BCUT2D eigenvalue weighted by Gasteiger charge is 2.33. The minimum atomic E-state index is -0.646. The van der Waals surface area contributed by atoms with E-state index in [1.54, 1.807) is 43.3 Å². The number of hydrogen-bond acceptors (Lipinski definition) is 8. The second kappa shape index (κ2) is 14.4. The summed E-state index contributed by atoms with van der Waals surface area (Å²) in [7, 11) is 3.10. The lowest BCUT2D eigenvalue weighted by Gasteiger charge is -2.17. The fourth-order valence-electron chi connectivity index (χ4n) is 3.17. The topological polar surface area (TPSA) is 142 Å². The summed E-state index contributed by atoms with van der Waals surface area (Å²) in [6, 6.07) is 5.90. The quantitative estimate of drug-likeness (QED) is 0.175. The molecule has 1 saturated heterocycles. The van der Waals surface area contributed by atoms with Crippen molar-refractivity contribution >= 4 is 35.9 Å². The minimum absolute atomic E-state index is 0.0769. The molecule has 0 saturated carbocycles. The van der Waals surface area contributed by atoms with E-state index in [-0.39, 0.29) is 24.8 Å². The largest absolute Gasteiger partial charge is 0.466 e. The van der Waals surface area contributed by atoms with Crippen LogP contribution in [0.15, 0.2) is 29.4 Å². The van der Waals surface area contributed by atoms with E-state index < -0.39 is 18.2 Å². The summed E-state index contributed by atoms with van der Waals surface area (Å²) in [6.45, 7) is 3.06. The Bertz CT molecular complexity index is 889. The fourth-order valence-corrected chi connectivity index (χ4v) is 3.17. The van der Waals surface area contributed by atoms with Crippen molar-refractivity contribution in [2.45, 2.75) is 45.1 Å². The Labute approximate surface area is 204 Å². The van der Waals surface area contributed by atoms with Crippen LogP contribution in [0.1, 0.15) is 44.6 Å². The van der Waals surface area contributed by atoms with Gasteiger partial charge in [0.2, 0.25) is 5.91 Å². The van der Waals surface area contributed by atoms with Crippen molar-refractivity contribution in [3.8, 4) is 0 Å². The van der Waals surface area contributed by atoms with E-state index in [1.165, 1.54) is 11.1 Å². The number of amides is 4. The number of ether oxygens (including phenoxy) is 1. The minimum Gasteiger partial charge on any atom is -0.466 e. The van der Waals surface area contributed by atoms with Crippen LogP contribution in [0.3, 0.4) is 0 Å². The molecule has 4 amide bonds. The Morgan fingerprint density at radius 1 is 1.20 bits per heavy atom. The number of hydrazone groups is 1. The summed E-state index contributed by atoms with van der Waals surface area (Å²) in [5.74, 6) is -0.572. The van der Waals surface area contributed by atoms with Crippen molar-refractivity contribution in [3.63, 3.8) is 0 Å². The van der Waals surface area contributed by atoms with Crippen molar-refractivity contribution in [2.75, 3.05) is 38.7 Å². The Morgan fingerprint density at radius 3 is 2.63 bits per heavy atom. The molecule has 1 fully saturated rings. The number of benzene rings is 1. The van der Waals surface area contributed by atoms with Crippen LogP contribution in [-0.4, -0.2) is 74.9 Å². The van der Waals surface area contributed by atoms with Gasteiger partial charge in [-0.05, 0) is 30.5 Å². The SMILES string of the molecule is CCCCCOC(=O)CCNC(=O)N[C@H]1CCN(c2ccc(C=NNOC(=O)N(C)C)cc2)C1=O. The van der Waals surface area contributed by atoms with Gasteiger partial charge < -0.3 is 30.0 Å². The summed E-state index contributed by atoms with van der Waals surface area (Å²) in [4.78, 5) is 55.3. The molecule has 1 aromatic rings. The predicted octanol–water partition coefficient (Wildman–Crippen LogP) is 1.75. The van der Waals surface area contributed by atoms with Gasteiger partial charge in [0.15, 0.2) is 0 Å². The van der Waals surface area contributed by atoms with Crippen molar-refractivity contribution in [3.05, 3.63) is 29.8 Å². The number of nitrogens with zero attached hydrogens (tertiary/aromatic N) is 3. The number of hydrogen-bond donors (Lipinski definition) is 3. The standard InChI is InChI=1S/C23H34N6O6/c1-4-5-6-15-34-20(30)11-13-24-22(32)26-19-12-14-29(21(19)31)18-9-7-17(8-10-18)16-25-27-35-23(33)28(2)3/h7-10,16,19,27H,4-6,11-15H2,1-3H3,(H2,24,26,32)/t19-/m0/s1. The van der Waals surface area contributed by atoms with Gasteiger partial charge in [-0.15, -0.1) is 5.59 Å². The third kappa shape index (κ3) is 9.51. The smallest absolute Gasteiger partial charge is 0.434 e. The number of carbonyl (C=O) groups excluding carboxylic acids is 4. The number of carbonyl (C=O) groups is 4. The second-order valence-corrected chi connectivity index (χ2v) is 8.11. The number of esters is 1. The van der Waals surface area contributed by atoms with Crippen molar-refractivity contribution < 1.29 is 28.8 Å². The number of rotatable bonds is 12. The highest BCUT2D eigenvalue weighted by molar-refractivity contribution is 6.01. The highest BCUT2D eigenvalue weighted by atomic mass is 16.7. The molecule has 3 N–H and O–H groups in total. The van der Waals surface area contributed by atoms with Crippen molar-refractivity contribution in [1.29, 1.82) is 0 Å². The van der Waals surface area contributed by atoms with Gasteiger partial charge in [-0.1, -0.05) is 31.9 Å². The molecule has 1 atom stereocenters. The summed E-state index contributed by atoms with van der Waals surface area (Å²) in [5.41, 5.74) is 3.61. The molecule has 192 valence electrons. The summed E-state index contributed by atoms with van der Waals surface area (Å²) < 4.78 is 5.09. The van der Waals surface area contributed by atoms with Crippen molar-refractivity contribution in [2.24, 2.45) is 5.10 Å². The third-order valence-corrected chi connectivity index (χ3v) is 5.11. The summed E-state index contributed by atoms with van der Waals surface area (Å²) >= 11 is 0. The molecule has 0 unspecified atom stereocenters. The number of unbranched alkanes of at least 4 members (excludes halogenated alkanes) is 2. The zero-order valence-corrected chi connectivity index (χ0v) is 20.4. The molecule has 1 heterocycles. The van der Waals surface area contributed by atoms with Gasteiger partial charge in [-0.25, -0.2) is 9.59 Å². The molecule has 1 aromatic carbocycles. The van der Waals surface area contributed by atoms with Gasteiger partial charge >= 0.3 is 18.1 Å². The van der Waals surface area contributed by atoms with E-state index in [0.717, 1.165) is 24.8 Å². The molecular formula is C23H34N6O6. The first-order valence-electron chi connectivity index (χ1n) is 11.6. The first kappa shape index (κ1) is 27.4. The van der Waals surface area contributed by atoms with E-state index in [9.17, 15) is 19.2 Å². The molecule has 0 spiro atoms. The van der Waals surface area contributed by atoms with E-state index in [1.807, 2.05) is 0 Å². The van der Waals surface area contributed by atoms with E-state index >= 15 is 0 Å². The molecule has 0 aromatic heterocycles. The van der Waals surface area contributed by atoms with E-state index in [0.29, 0.717) is 25.3 Å². The molecule has 2 rings (SSSR count). The Balaban J connectivity index is 1.73. The maximum absolute atomic E-state index is 12.7. The van der Waals surface area contributed by atoms with Crippen LogP contribution in [-0.2, 0) is 19.2 Å². The number of nitrogens with one attached hydrogen (secondary N) is 3. The van der Waals surface area contributed by atoms with Crippen molar-refractivity contribution in [1.82, 2.24) is 21.1 Å². The molecule has 0 bridgehead atoms. The maximum Gasteiger partial charge on any atom is 0.434 e. The average Bonchev–Trinajstić information content (AvgIpc) is 3.19. The highest BCUT2D eigenvalue weighted by Crippen LogP contribution is 2.21. The molecule has 35 heavy (non-hydrogen) atoms. The average molecular weight is 491 g/mol. The number of anilines is 1. The zero-order valence-electron chi connectivity index (χ0n) is 20.4. The number of urea groups is 1. The van der Waals surface area contributed by atoms with Gasteiger partial charge in [0.1, 0.15) is 6.04 Å². The monoisotopic (exact) mass is 490 g/mol. The Hall–Kier alpha value is -3.83. The van der Waals surface area contributed by atoms with E-state index in [2.05, 4.69) is 33.1 Å². The van der Waals surface area contributed by atoms with Crippen LogP contribution in [0.2, 0.25) is 0 Å². The van der Waals surface area contributed by atoms with Crippen LogP contribution in [0, 0.1) is 0 Å². The lowest BCUT2D eigenvalue weighted by Crippen LogP contribution is -2.46. The summed E-state index contributed by atoms with van der Waals surface area (Å²) in [6.07, 6.45) is 4.32. The van der Waals surface area contributed by atoms with Gasteiger partial charge in [-0.3, -0.25) is 9.59 Å². The molecule has 1 aliphatic heterocycles. The van der Waals surface area contributed by atoms with Crippen LogP contribution >= 0.6 is 0 Å². The van der Waals surface area contributed by atoms with Crippen LogP contribution in [0.4, 0.5) is 15.3 Å². The van der Waals surface area contributed by atoms with Crippen LogP contribution in [0.5, 0.6) is 0 Å². The molecule has 1 aliphatic rings. The second-order valence-electron chi connectivity index (χ2n) is 8.11. The predicted molar refractivity (Wildman–Crippen MR) is 130 cm³/mol. The molecule has 0 aliphatic carbocycles. The molecule has 12 heteroatoms. The molecule has 0 radical (unpaired) electrons. The Morgan fingerprint density at radius 2 is 1.94 bits per heavy atom. The zero-order chi connectivity index (χ0) is 25.6. The summed E-state index contributed by atoms with van der Waals surface area (Å²) in [5, 5.41) is 9.04. The first-order valence-corrected chi connectivity index (χ1v) is 11.6. The van der Waals surface area contributed by atoms with Gasteiger partial charge in [-0.2, -0.15) is 5.10 Å². The van der Waals surface area contributed by atoms with Crippen LogP contribution in [0.25, 0.3) is 0 Å². The molecule has 12 nitrogen and oxygen atoms in total. The third-order valence-electron chi connectivity index (χ3n) is 5.11. The van der Waals surface area contributed by atoms with Gasteiger partial charge in [0, 0.05) is 32.9 Å². The maximum atomic E-state index is 12.7. The Kier molecular flexibility index (Phi) is 11.3. The van der Waals surface area contributed by atoms with E-state index in [4.69, 9.17) is 4.74 Å². The van der Waals surface area contributed by atoms with Gasteiger partial charge in [0.05, 0.1) is 19.2 Å². The van der Waals surface area contributed by atoms with Crippen LogP contribution < -0.4 is 21.1 Å². The lowest BCUT2D eigenvalue weighted by molar-refractivity contribution is -0.143. The first-order chi connectivity index (χ1) is 16.8. The lowest BCUT2D eigenvalue weighted by atomic mass is 10.2. The normalized spacial score (nSPS) is 15.1. The van der Waals surface area contributed by atoms with Gasteiger partial charge in [0.25, 0.3) is 0 Å².